The van der Waals surface area contributed by atoms with Crippen molar-refractivity contribution < 1.29 is 0 Å². The number of nitrogens with zero attached hydrogens (tertiary/aromatic N) is 2. The zero-order valence-corrected chi connectivity index (χ0v) is 17.7. The first-order valence-electron chi connectivity index (χ1n) is 7.90. The summed E-state index contributed by atoms with van der Waals surface area (Å²) in [6.45, 7) is 10.6. The van der Waals surface area contributed by atoms with Gasteiger partial charge in [-0.25, -0.2) is 4.98 Å². The molecule has 22 heavy (non-hydrogen) atoms. The highest BCUT2D eigenvalue weighted by Gasteiger charge is 2.05. The van der Waals surface area contributed by atoms with E-state index >= 15 is 0 Å². The van der Waals surface area contributed by atoms with Crippen molar-refractivity contribution in [3.8, 4) is 0 Å². The topological polar surface area (TPSA) is 49.3 Å². The zero-order chi connectivity index (χ0) is 15.7. The number of rotatable bonds is 8. The van der Waals surface area contributed by atoms with Gasteiger partial charge < -0.3 is 10.6 Å². The predicted octanol–water partition coefficient (Wildman–Crippen LogP) is 3.91. The first-order chi connectivity index (χ1) is 10.0. The summed E-state index contributed by atoms with van der Waals surface area (Å²) in [7, 11) is 1.82. The highest BCUT2D eigenvalue weighted by molar-refractivity contribution is 14.0. The fourth-order valence-electron chi connectivity index (χ4n) is 2.20. The van der Waals surface area contributed by atoms with E-state index < -0.39 is 0 Å². The van der Waals surface area contributed by atoms with E-state index in [0.29, 0.717) is 0 Å². The molecule has 4 nitrogen and oxygen atoms in total. The molecule has 0 aliphatic carbocycles. The van der Waals surface area contributed by atoms with Crippen molar-refractivity contribution in [3.05, 3.63) is 15.6 Å². The summed E-state index contributed by atoms with van der Waals surface area (Å²) in [4.78, 5) is 10.1. The van der Waals surface area contributed by atoms with Crippen LogP contribution in [0.2, 0.25) is 0 Å². The normalized spacial score (nSPS) is 11.5. The molecular weight excluding hydrogens is 407 g/mol. The van der Waals surface area contributed by atoms with E-state index in [2.05, 4.69) is 48.3 Å². The molecule has 128 valence electrons. The van der Waals surface area contributed by atoms with E-state index in [0.717, 1.165) is 42.1 Å². The molecule has 0 saturated carbocycles. The van der Waals surface area contributed by atoms with Gasteiger partial charge in [0.15, 0.2) is 5.96 Å². The van der Waals surface area contributed by atoms with E-state index in [4.69, 9.17) is 0 Å². The number of hydrogen-bond acceptors (Lipinski definition) is 3. The van der Waals surface area contributed by atoms with Crippen LogP contribution in [-0.2, 0) is 6.42 Å². The maximum Gasteiger partial charge on any atom is 0.190 e. The summed E-state index contributed by atoms with van der Waals surface area (Å²) in [5.74, 6) is 1.70. The van der Waals surface area contributed by atoms with Gasteiger partial charge in [0.05, 0.1) is 10.7 Å². The molecule has 0 spiro atoms. The minimum Gasteiger partial charge on any atom is -0.356 e. The van der Waals surface area contributed by atoms with Gasteiger partial charge in [-0.2, -0.15) is 0 Å². The van der Waals surface area contributed by atoms with Crippen molar-refractivity contribution >= 4 is 41.3 Å². The summed E-state index contributed by atoms with van der Waals surface area (Å²) < 4.78 is 0. The van der Waals surface area contributed by atoms with E-state index in [1.165, 1.54) is 24.1 Å². The second-order valence-electron chi connectivity index (χ2n) is 5.81. The number of nitrogens with one attached hydrogen (secondary N) is 2. The average molecular weight is 438 g/mol. The summed E-state index contributed by atoms with van der Waals surface area (Å²) in [5.41, 5.74) is 1.16. The van der Waals surface area contributed by atoms with Crippen LogP contribution in [0, 0.1) is 19.8 Å². The second kappa shape index (κ2) is 12.1. The van der Waals surface area contributed by atoms with Crippen LogP contribution in [0.15, 0.2) is 4.99 Å². The van der Waals surface area contributed by atoms with E-state index in [-0.39, 0.29) is 24.0 Å². The SMILES string of the molecule is CN=C(NCCCCC(C)C)NCCc1sc(C)nc1C.I. The fraction of sp³-hybridized carbons (Fsp3) is 0.750. The minimum atomic E-state index is 0. The molecule has 0 aliphatic rings. The Bertz CT molecular complexity index is 443. The number of hydrogen-bond donors (Lipinski definition) is 2. The minimum absolute atomic E-state index is 0. The standard InChI is InChI=1S/C16H30N4S.HI/c1-12(2)8-6-7-10-18-16(17-5)19-11-9-15-13(3)20-14(4)21-15;/h12H,6-11H2,1-5H3,(H2,17,18,19);1H. The number of aryl methyl sites for hydroxylation is 2. The zero-order valence-electron chi connectivity index (χ0n) is 14.5. The van der Waals surface area contributed by atoms with Crippen molar-refractivity contribution in [2.45, 2.75) is 53.4 Å². The van der Waals surface area contributed by atoms with Crippen molar-refractivity contribution in [1.82, 2.24) is 15.6 Å². The van der Waals surface area contributed by atoms with Crippen LogP contribution >= 0.6 is 35.3 Å². The molecule has 0 aliphatic heterocycles. The Morgan fingerprint density at radius 2 is 1.86 bits per heavy atom. The Balaban J connectivity index is 0.00000441. The third-order valence-corrected chi connectivity index (χ3v) is 4.50. The van der Waals surface area contributed by atoms with Gasteiger partial charge in [0.1, 0.15) is 0 Å². The molecule has 6 heteroatoms. The Morgan fingerprint density at radius 3 is 2.41 bits per heavy atom. The first kappa shape index (κ1) is 21.6. The van der Waals surface area contributed by atoms with E-state index in [1.54, 1.807) is 11.3 Å². The third kappa shape index (κ3) is 8.92. The molecular formula is C16H31IN4S. The Hall–Kier alpha value is -0.370. The lowest BCUT2D eigenvalue weighted by molar-refractivity contribution is 0.534. The third-order valence-electron chi connectivity index (χ3n) is 3.37. The quantitative estimate of drug-likeness (QED) is 0.280. The van der Waals surface area contributed by atoms with Crippen LogP contribution in [0.3, 0.4) is 0 Å². The average Bonchev–Trinajstić information content (AvgIpc) is 2.74. The molecule has 0 radical (unpaired) electrons. The van der Waals surface area contributed by atoms with Crippen LogP contribution in [0.5, 0.6) is 0 Å². The van der Waals surface area contributed by atoms with Crippen molar-refractivity contribution in [2.75, 3.05) is 20.1 Å². The van der Waals surface area contributed by atoms with Crippen molar-refractivity contribution in [2.24, 2.45) is 10.9 Å². The van der Waals surface area contributed by atoms with Gasteiger partial charge >= 0.3 is 0 Å². The molecule has 0 atom stereocenters. The van der Waals surface area contributed by atoms with Gasteiger partial charge in [0.2, 0.25) is 0 Å². The Morgan fingerprint density at radius 1 is 1.18 bits per heavy atom. The molecule has 0 bridgehead atoms. The molecule has 1 rings (SSSR count). The molecule has 0 fully saturated rings. The summed E-state index contributed by atoms with van der Waals surface area (Å²) in [6.07, 6.45) is 4.79. The van der Waals surface area contributed by atoms with Gasteiger partial charge in [-0.1, -0.05) is 26.7 Å². The van der Waals surface area contributed by atoms with Crippen molar-refractivity contribution in [3.63, 3.8) is 0 Å². The highest BCUT2D eigenvalue weighted by Crippen LogP contribution is 2.16. The number of aliphatic imine (C=N–C) groups is 1. The van der Waals surface area contributed by atoms with E-state index in [9.17, 15) is 0 Å². The first-order valence-corrected chi connectivity index (χ1v) is 8.72. The summed E-state index contributed by atoms with van der Waals surface area (Å²) in [5, 5.41) is 7.90. The number of thiazole rings is 1. The molecule has 0 aromatic carbocycles. The number of aromatic nitrogens is 1. The molecule has 0 unspecified atom stereocenters. The van der Waals surface area contributed by atoms with Gasteiger partial charge in [-0.3, -0.25) is 4.99 Å². The maximum absolute atomic E-state index is 4.46. The fourth-order valence-corrected chi connectivity index (χ4v) is 3.14. The van der Waals surface area contributed by atoms with Crippen LogP contribution in [0.1, 0.15) is 48.7 Å². The molecule has 2 N–H and O–H groups in total. The smallest absolute Gasteiger partial charge is 0.190 e. The van der Waals surface area contributed by atoms with Gasteiger partial charge in [-0.15, -0.1) is 35.3 Å². The largest absolute Gasteiger partial charge is 0.356 e. The van der Waals surface area contributed by atoms with Crippen LogP contribution < -0.4 is 10.6 Å². The lowest BCUT2D eigenvalue weighted by Crippen LogP contribution is -2.38. The lowest BCUT2D eigenvalue weighted by atomic mass is 10.1. The highest BCUT2D eigenvalue weighted by atomic mass is 127. The monoisotopic (exact) mass is 438 g/mol. The van der Waals surface area contributed by atoms with Gasteiger partial charge in [0, 0.05) is 31.4 Å². The molecule has 0 amide bonds. The summed E-state index contributed by atoms with van der Waals surface area (Å²) >= 11 is 1.79. The van der Waals surface area contributed by atoms with Crippen LogP contribution in [0.4, 0.5) is 0 Å². The Labute approximate surface area is 156 Å². The maximum atomic E-state index is 4.46. The van der Waals surface area contributed by atoms with Crippen LogP contribution in [0.25, 0.3) is 0 Å². The number of halogens is 1. The predicted molar refractivity (Wildman–Crippen MR) is 109 cm³/mol. The Kier molecular flexibility index (Phi) is 11.9. The second-order valence-corrected chi connectivity index (χ2v) is 7.09. The number of guanidine groups is 1. The molecule has 1 aromatic rings. The van der Waals surface area contributed by atoms with Crippen molar-refractivity contribution in [1.29, 1.82) is 0 Å². The van der Waals surface area contributed by atoms with Crippen LogP contribution in [-0.4, -0.2) is 31.1 Å². The number of unbranched alkanes of at least 4 members (excludes halogenated alkanes) is 1. The van der Waals surface area contributed by atoms with Gasteiger partial charge in [0.25, 0.3) is 0 Å². The summed E-state index contributed by atoms with van der Waals surface area (Å²) in [6, 6.07) is 0. The molecule has 1 aromatic heterocycles. The molecule has 1 heterocycles. The lowest BCUT2D eigenvalue weighted by Gasteiger charge is -2.12. The molecule has 0 saturated heterocycles. The van der Waals surface area contributed by atoms with Gasteiger partial charge in [-0.05, 0) is 26.2 Å². The van der Waals surface area contributed by atoms with E-state index in [1.807, 2.05) is 7.05 Å².